The van der Waals surface area contributed by atoms with E-state index in [2.05, 4.69) is 0 Å². The normalized spacial score (nSPS) is 24.2. The third kappa shape index (κ3) is 2.16. The summed E-state index contributed by atoms with van der Waals surface area (Å²) >= 11 is 0. The molecule has 5 heteroatoms. The van der Waals surface area contributed by atoms with Gasteiger partial charge in [0.15, 0.2) is 0 Å². The molecule has 1 aliphatic heterocycles. The monoisotopic (exact) mass is 240 g/mol. The predicted molar refractivity (Wildman–Crippen MR) is 62.3 cm³/mol. The molecule has 1 aliphatic carbocycles. The van der Waals surface area contributed by atoms with Crippen molar-refractivity contribution in [3.05, 3.63) is 0 Å². The lowest BCUT2D eigenvalue weighted by atomic mass is 9.67. The van der Waals surface area contributed by atoms with Crippen LogP contribution < -0.4 is 5.73 Å². The van der Waals surface area contributed by atoms with E-state index in [-0.39, 0.29) is 17.2 Å². The number of likely N-dealkylation sites (tertiary alicyclic amines) is 1. The van der Waals surface area contributed by atoms with E-state index in [9.17, 15) is 9.59 Å². The Morgan fingerprint density at radius 2 is 1.88 bits per heavy atom. The summed E-state index contributed by atoms with van der Waals surface area (Å²) in [4.78, 5) is 24.9. The lowest BCUT2D eigenvalue weighted by Gasteiger charge is -2.44. The number of nitrogens with zero attached hydrogens (tertiary/aromatic N) is 1. The Bertz CT molecular complexity index is 312. The van der Waals surface area contributed by atoms with E-state index in [1.165, 1.54) is 0 Å². The summed E-state index contributed by atoms with van der Waals surface area (Å²) in [5, 5.41) is 8.90. The lowest BCUT2D eigenvalue weighted by molar-refractivity contribution is -0.152. The Morgan fingerprint density at radius 1 is 1.29 bits per heavy atom. The van der Waals surface area contributed by atoms with Crippen molar-refractivity contribution in [1.82, 2.24) is 4.90 Å². The third-order valence-corrected chi connectivity index (χ3v) is 4.29. The zero-order valence-corrected chi connectivity index (χ0v) is 10.0. The molecule has 0 aromatic rings. The van der Waals surface area contributed by atoms with Crippen molar-refractivity contribution in [2.75, 3.05) is 19.6 Å². The van der Waals surface area contributed by atoms with Crippen LogP contribution in [0.5, 0.6) is 0 Å². The minimum Gasteiger partial charge on any atom is -0.481 e. The molecule has 0 bridgehead atoms. The number of carboxylic acids is 1. The number of nitrogens with two attached hydrogens (primary N) is 1. The SMILES string of the molecule is NCC1(C(=O)N2CCC(C(=O)O)CC2)CCC1. The number of rotatable bonds is 3. The van der Waals surface area contributed by atoms with Crippen LogP contribution in [0.15, 0.2) is 0 Å². The van der Waals surface area contributed by atoms with Gasteiger partial charge in [0.05, 0.1) is 11.3 Å². The molecule has 0 aromatic carbocycles. The predicted octanol–water partition coefficient (Wildman–Crippen LogP) is 0.439. The maximum absolute atomic E-state index is 12.3. The van der Waals surface area contributed by atoms with Crippen molar-refractivity contribution in [3.63, 3.8) is 0 Å². The van der Waals surface area contributed by atoms with Crippen molar-refractivity contribution in [3.8, 4) is 0 Å². The fourth-order valence-electron chi connectivity index (χ4n) is 2.77. The van der Waals surface area contributed by atoms with Gasteiger partial charge >= 0.3 is 5.97 Å². The van der Waals surface area contributed by atoms with Crippen LogP contribution >= 0.6 is 0 Å². The molecular weight excluding hydrogens is 220 g/mol. The van der Waals surface area contributed by atoms with Crippen LogP contribution in [0, 0.1) is 11.3 Å². The number of carbonyl (C=O) groups is 2. The number of hydrogen-bond donors (Lipinski definition) is 2. The molecule has 1 saturated heterocycles. The van der Waals surface area contributed by atoms with E-state index in [0.29, 0.717) is 32.5 Å². The lowest BCUT2D eigenvalue weighted by Crippen LogP contribution is -2.54. The molecule has 0 spiro atoms. The van der Waals surface area contributed by atoms with Gasteiger partial charge in [-0.2, -0.15) is 0 Å². The Labute approximate surface area is 101 Å². The summed E-state index contributed by atoms with van der Waals surface area (Å²) in [6.07, 6.45) is 4.00. The van der Waals surface area contributed by atoms with Gasteiger partial charge in [0, 0.05) is 19.6 Å². The van der Waals surface area contributed by atoms with Gasteiger partial charge in [0.2, 0.25) is 5.91 Å². The van der Waals surface area contributed by atoms with Gasteiger partial charge in [-0.3, -0.25) is 9.59 Å². The molecule has 1 saturated carbocycles. The molecule has 0 unspecified atom stereocenters. The Hall–Kier alpha value is -1.10. The van der Waals surface area contributed by atoms with Crippen molar-refractivity contribution in [1.29, 1.82) is 0 Å². The summed E-state index contributed by atoms with van der Waals surface area (Å²) in [7, 11) is 0. The van der Waals surface area contributed by atoms with E-state index in [1.54, 1.807) is 0 Å². The number of carboxylic acid groups (broad SMARTS) is 1. The first kappa shape index (κ1) is 12.4. The van der Waals surface area contributed by atoms with E-state index in [0.717, 1.165) is 19.3 Å². The first-order chi connectivity index (χ1) is 8.09. The number of aliphatic carboxylic acids is 1. The molecule has 3 N–H and O–H groups in total. The van der Waals surface area contributed by atoms with Crippen molar-refractivity contribution in [2.24, 2.45) is 17.1 Å². The standard InChI is InChI=1S/C12H20N2O3/c13-8-12(4-1-5-12)11(17)14-6-2-9(3-7-14)10(15)16/h9H,1-8,13H2,(H,15,16). The van der Waals surface area contributed by atoms with Gasteiger partial charge in [0.1, 0.15) is 0 Å². The minimum absolute atomic E-state index is 0.148. The molecule has 1 amide bonds. The van der Waals surface area contributed by atoms with E-state index >= 15 is 0 Å². The average Bonchev–Trinajstić information content (AvgIpc) is 2.28. The highest BCUT2D eigenvalue weighted by Crippen LogP contribution is 2.42. The van der Waals surface area contributed by atoms with E-state index < -0.39 is 5.97 Å². The largest absolute Gasteiger partial charge is 0.481 e. The fraction of sp³-hybridized carbons (Fsp3) is 0.833. The Kier molecular flexibility index (Phi) is 3.38. The summed E-state index contributed by atoms with van der Waals surface area (Å²) in [5.74, 6) is -0.876. The first-order valence-electron chi connectivity index (χ1n) is 6.31. The van der Waals surface area contributed by atoms with Crippen LogP contribution in [-0.2, 0) is 9.59 Å². The van der Waals surface area contributed by atoms with Crippen molar-refractivity contribution >= 4 is 11.9 Å². The molecule has 17 heavy (non-hydrogen) atoms. The number of amides is 1. The summed E-state index contributed by atoms with van der Waals surface area (Å²) in [6, 6.07) is 0. The molecule has 2 rings (SSSR count). The van der Waals surface area contributed by atoms with Gasteiger partial charge in [-0.15, -0.1) is 0 Å². The second kappa shape index (κ2) is 4.64. The topological polar surface area (TPSA) is 83.6 Å². The average molecular weight is 240 g/mol. The highest BCUT2D eigenvalue weighted by molar-refractivity contribution is 5.84. The van der Waals surface area contributed by atoms with Crippen LogP contribution in [0.3, 0.4) is 0 Å². The summed E-state index contributed by atoms with van der Waals surface area (Å²) < 4.78 is 0. The summed E-state index contributed by atoms with van der Waals surface area (Å²) in [6.45, 7) is 1.56. The highest BCUT2D eigenvalue weighted by Gasteiger charge is 2.45. The van der Waals surface area contributed by atoms with E-state index in [4.69, 9.17) is 10.8 Å². The quantitative estimate of drug-likeness (QED) is 0.749. The minimum atomic E-state index is -0.741. The fourth-order valence-corrected chi connectivity index (χ4v) is 2.77. The van der Waals surface area contributed by atoms with Crippen LogP contribution in [0.4, 0.5) is 0 Å². The molecule has 0 radical (unpaired) electrons. The first-order valence-corrected chi connectivity index (χ1v) is 6.31. The smallest absolute Gasteiger partial charge is 0.306 e. The van der Waals surface area contributed by atoms with Gasteiger partial charge in [-0.25, -0.2) is 0 Å². The third-order valence-electron chi connectivity index (χ3n) is 4.29. The molecular formula is C12H20N2O3. The van der Waals surface area contributed by atoms with Crippen LogP contribution in [0.1, 0.15) is 32.1 Å². The van der Waals surface area contributed by atoms with Gasteiger partial charge in [0.25, 0.3) is 0 Å². The van der Waals surface area contributed by atoms with Crippen LogP contribution in [0.25, 0.3) is 0 Å². The Morgan fingerprint density at radius 3 is 2.24 bits per heavy atom. The molecule has 5 nitrogen and oxygen atoms in total. The van der Waals surface area contributed by atoms with Crippen LogP contribution in [0.2, 0.25) is 0 Å². The maximum atomic E-state index is 12.3. The molecule has 2 aliphatic rings. The van der Waals surface area contributed by atoms with Crippen molar-refractivity contribution < 1.29 is 14.7 Å². The molecule has 1 heterocycles. The van der Waals surface area contributed by atoms with Crippen LogP contribution in [-0.4, -0.2) is 41.5 Å². The van der Waals surface area contributed by atoms with Gasteiger partial charge < -0.3 is 15.7 Å². The second-order valence-corrected chi connectivity index (χ2v) is 5.24. The zero-order valence-electron chi connectivity index (χ0n) is 10.0. The molecule has 2 fully saturated rings. The Balaban J connectivity index is 1.92. The summed E-state index contributed by atoms with van der Waals surface area (Å²) in [5.41, 5.74) is 5.39. The second-order valence-electron chi connectivity index (χ2n) is 5.24. The number of hydrogen-bond acceptors (Lipinski definition) is 3. The van der Waals surface area contributed by atoms with E-state index in [1.807, 2.05) is 4.90 Å². The molecule has 0 aromatic heterocycles. The zero-order chi connectivity index (χ0) is 12.5. The maximum Gasteiger partial charge on any atom is 0.306 e. The number of carbonyl (C=O) groups excluding carboxylic acids is 1. The van der Waals surface area contributed by atoms with Crippen molar-refractivity contribution in [2.45, 2.75) is 32.1 Å². The number of piperidine rings is 1. The van der Waals surface area contributed by atoms with Gasteiger partial charge in [-0.05, 0) is 25.7 Å². The molecule has 0 atom stereocenters. The van der Waals surface area contributed by atoms with Gasteiger partial charge in [-0.1, -0.05) is 6.42 Å². The highest BCUT2D eigenvalue weighted by atomic mass is 16.4. The molecule has 96 valence electrons.